The van der Waals surface area contributed by atoms with Gasteiger partial charge in [0.1, 0.15) is 18.4 Å². The maximum Gasteiger partial charge on any atom is 0.416 e. The summed E-state index contributed by atoms with van der Waals surface area (Å²) in [4.78, 5) is 27.5. The molecule has 1 aliphatic rings. The molecule has 12 heteroatoms. The highest BCUT2D eigenvalue weighted by molar-refractivity contribution is 7.92. The number of alkyl halides is 3. The van der Waals surface area contributed by atoms with Crippen molar-refractivity contribution in [2.45, 2.75) is 57.4 Å². The normalized spacial score (nSPS) is 15.3. The largest absolute Gasteiger partial charge is 0.416 e. The molecule has 0 radical (unpaired) electrons. The van der Waals surface area contributed by atoms with Gasteiger partial charge in [0, 0.05) is 18.2 Å². The monoisotopic (exact) mass is 543 g/mol. The Kier molecular flexibility index (Phi) is 8.83. The first-order valence-electron chi connectivity index (χ1n) is 11.8. The van der Waals surface area contributed by atoms with Gasteiger partial charge in [-0.3, -0.25) is 13.9 Å². The molecule has 1 fully saturated rings. The number of carbonyl (C=O) groups excluding carboxylic acids is 2. The number of anilines is 1. The van der Waals surface area contributed by atoms with E-state index < -0.39 is 52.0 Å². The average Bonchev–Trinajstić information content (AvgIpc) is 3.33. The van der Waals surface area contributed by atoms with Crippen molar-refractivity contribution in [2.24, 2.45) is 0 Å². The number of halogens is 4. The summed E-state index contributed by atoms with van der Waals surface area (Å²) < 4.78 is 79.7. The quantitative estimate of drug-likeness (QED) is 0.483. The summed E-state index contributed by atoms with van der Waals surface area (Å²) >= 11 is 0. The average molecular weight is 544 g/mol. The molecule has 7 nitrogen and oxygen atoms in total. The Hall–Kier alpha value is -3.15. The zero-order chi connectivity index (χ0) is 27.4. The van der Waals surface area contributed by atoms with E-state index in [0.29, 0.717) is 10.4 Å². The van der Waals surface area contributed by atoms with Crippen molar-refractivity contribution in [1.29, 1.82) is 0 Å². The number of sulfonamides is 1. The number of rotatable bonds is 9. The molecule has 1 atom stereocenters. The fourth-order valence-electron chi connectivity index (χ4n) is 4.24. The van der Waals surface area contributed by atoms with Crippen molar-refractivity contribution < 1.29 is 35.6 Å². The van der Waals surface area contributed by atoms with E-state index in [1.807, 2.05) is 0 Å². The van der Waals surface area contributed by atoms with Crippen LogP contribution in [0.3, 0.4) is 0 Å². The smallest absolute Gasteiger partial charge is 0.352 e. The van der Waals surface area contributed by atoms with Crippen molar-refractivity contribution in [3.05, 3.63) is 65.5 Å². The van der Waals surface area contributed by atoms with E-state index in [-0.39, 0.29) is 23.8 Å². The van der Waals surface area contributed by atoms with Crippen LogP contribution >= 0.6 is 0 Å². The van der Waals surface area contributed by atoms with Crippen molar-refractivity contribution in [3.8, 4) is 0 Å². The Morgan fingerprint density at radius 1 is 1.08 bits per heavy atom. The molecule has 1 aliphatic carbocycles. The number of carbonyl (C=O) groups is 2. The van der Waals surface area contributed by atoms with Crippen molar-refractivity contribution in [1.82, 2.24) is 10.2 Å². The molecule has 202 valence electrons. The summed E-state index contributed by atoms with van der Waals surface area (Å²) in [5.41, 5.74) is -1.35. The van der Waals surface area contributed by atoms with E-state index in [1.165, 1.54) is 25.1 Å². The Morgan fingerprint density at radius 3 is 2.32 bits per heavy atom. The molecule has 1 unspecified atom stereocenters. The summed E-state index contributed by atoms with van der Waals surface area (Å²) in [7, 11) is -4.21. The van der Waals surface area contributed by atoms with Crippen LogP contribution in [-0.2, 0) is 32.3 Å². The minimum atomic E-state index is -4.73. The van der Waals surface area contributed by atoms with Crippen LogP contribution in [0.5, 0.6) is 0 Å². The predicted octanol–water partition coefficient (Wildman–Crippen LogP) is 4.09. The molecule has 2 aromatic rings. The maximum absolute atomic E-state index is 14.4. The fourth-order valence-corrected chi connectivity index (χ4v) is 5.08. The van der Waals surface area contributed by atoms with E-state index >= 15 is 0 Å². The number of hydrogen-bond acceptors (Lipinski definition) is 4. The van der Waals surface area contributed by atoms with Crippen LogP contribution in [0.15, 0.2) is 48.5 Å². The first kappa shape index (κ1) is 28.4. The number of amides is 2. The molecular weight excluding hydrogens is 514 g/mol. The molecule has 0 aromatic heterocycles. The Labute approximate surface area is 213 Å². The second-order valence-electron chi connectivity index (χ2n) is 9.10. The molecule has 0 heterocycles. The van der Waals surface area contributed by atoms with E-state index in [4.69, 9.17) is 0 Å². The minimum Gasteiger partial charge on any atom is -0.352 e. The maximum atomic E-state index is 14.4. The lowest BCUT2D eigenvalue weighted by molar-refractivity contribution is -0.139. The van der Waals surface area contributed by atoms with Gasteiger partial charge in [-0.25, -0.2) is 12.8 Å². The summed E-state index contributed by atoms with van der Waals surface area (Å²) in [6, 6.07) is 8.06. The molecule has 0 saturated heterocycles. The topological polar surface area (TPSA) is 86.8 Å². The van der Waals surface area contributed by atoms with E-state index in [9.17, 15) is 35.6 Å². The second-order valence-corrected chi connectivity index (χ2v) is 11.0. The summed E-state index contributed by atoms with van der Waals surface area (Å²) in [5, 5.41) is 2.87. The van der Waals surface area contributed by atoms with E-state index in [0.717, 1.165) is 55.0 Å². The van der Waals surface area contributed by atoms with Gasteiger partial charge in [0.15, 0.2) is 0 Å². The highest BCUT2D eigenvalue weighted by Gasteiger charge is 2.34. The molecular formula is C25H29F4N3O4S. The van der Waals surface area contributed by atoms with Crippen molar-refractivity contribution >= 4 is 27.5 Å². The first-order chi connectivity index (χ1) is 17.3. The second kappa shape index (κ2) is 11.5. The fraction of sp³-hybridized carbons (Fsp3) is 0.440. The van der Waals surface area contributed by atoms with Crippen LogP contribution in [-0.4, -0.2) is 50.0 Å². The van der Waals surface area contributed by atoms with Gasteiger partial charge in [0.05, 0.1) is 17.5 Å². The molecule has 1 saturated carbocycles. The van der Waals surface area contributed by atoms with Crippen LogP contribution in [0.4, 0.5) is 23.2 Å². The molecule has 0 spiro atoms. The van der Waals surface area contributed by atoms with Gasteiger partial charge in [-0.1, -0.05) is 37.1 Å². The standard InChI is InChI=1S/C25H29F4N3O4S/c1-17(24(34)30-20-10-4-5-11-20)31(15-18-8-3-6-13-22(18)26)23(33)16-32(37(2,35)36)21-12-7-9-19(14-21)25(27,28)29/h3,6-9,12-14,17,20H,4-5,10-11,15-16H2,1-2H3,(H,30,34). The first-order valence-corrected chi connectivity index (χ1v) is 13.6. The van der Waals surface area contributed by atoms with Crippen LogP contribution < -0.4 is 9.62 Å². The minimum absolute atomic E-state index is 0.0574. The summed E-state index contributed by atoms with van der Waals surface area (Å²) in [6.45, 7) is 0.221. The van der Waals surface area contributed by atoms with Crippen LogP contribution in [0.1, 0.15) is 43.7 Å². The van der Waals surface area contributed by atoms with Crippen molar-refractivity contribution in [2.75, 3.05) is 17.1 Å². The molecule has 37 heavy (non-hydrogen) atoms. The summed E-state index contributed by atoms with van der Waals surface area (Å²) in [6.07, 6.45) is -0.478. The third kappa shape index (κ3) is 7.43. The van der Waals surface area contributed by atoms with Gasteiger partial charge in [0.25, 0.3) is 0 Å². The van der Waals surface area contributed by atoms with Crippen LogP contribution in [0.2, 0.25) is 0 Å². The Balaban J connectivity index is 1.92. The molecule has 3 rings (SSSR count). The molecule has 0 aliphatic heterocycles. The third-order valence-electron chi connectivity index (χ3n) is 6.31. The lowest BCUT2D eigenvalue weighted by Crippen LogP contribution is -2.52. The Morgan fingerprint density at radius 2 is 1.73 bits per heavy atom. The number of benzene rings is 2. The Bertz CT molecular complexity index is 1230. The van der Waals surface area contributed by atoms with E-state index in [1.54, 1.807) is 6.07 Å². The van der Waals surface area contributed by atoms with E-state index in [2.05, 4.69) is 5.32 Å². The zero-order valence-electron chi connectivity index (χ0n) is 20.5. The van der Waals surface area contributed by atoms with Gasteiger partial charge in [-0.15, -0.1) is 0 Å². The van der Waals surface area contributed by atoms with Crippen LogP contribution in [0, 0.1) is 5.82 Å². The van der Waals surface area contributed by atoms with Gasteiger partial charge in [0.2, 0.25) is 21.8 Å². The number of nitrogens with zero attached hydrogens (tertiary/aromatic N) is 2. The SMILES string of the molecule is CC(C(=O)NC1CCCC1)N(Cc1ccccc1F)C(=O)CN(c1cccc(C(F)(F)F)c1)S(C)(=O)=O. The van der Waals surface area contributed by atoms with Gasteiger partial charge < -0.3 is 10.2 Å². The zero-order valence-corrected chi connectivity index (χ0v) is 21.3. The third-order valence-corrected chi connectivity index (χ3v) is 7.45. The molecule has 2 aromatic carbocycles. The molecule has 2 amide bonds. The molecule has 1 N–H and O–H groups in total. The van der Waals surface area contributed by atoms with Crippen LogP contribution in [0.25, 0.3) is 0 Å². The van der Waals surface area contributed by atoms with Gasteiger partial charge >= 0.3 is 6.18 Å². The number of hydrogen-bond donors (Lipinski definition) is 1. The number of nitrogens with one attached hydrogen (secondary N) is 1. The highest BCUT2D eigenvalue weighted by Crippen LogP contribution is 2.32. The van der Waals surface area contributed by atoms with Gasteiger partial charge in [-0.05, 0) is 44.0 Å². The molecule has 0 bridgehead atoms. The predicted molar refractivity (Wildman–Crippen MR) is 130 cm³/mol. The lowest BCUT2D eigenvalue weighted by atomic mass is 10.1. The van der Waals surface area contributed by atoms with Gasteiger partial charge in [-0.2, -0.15) is 13.2 Å². The lowest BCUT2D eigenvalue weighted by Gasteiger charge is -2.32. The highest BCUT2D eigenvalue weighted by atomic mass is 32.2. The van der Waals surface area contributed by atoms with Crippen molar-refractivity contribution in [3.63, 3.8) is 0 Å². The summed E-state index contributed by atoms with van der Waals surface area (Å²) in [5.74, 6) is -1.98.